The first-order chi connectivity index (χ1) is 16.1. The minimum Gasteiger partial charge on any atom is -0.493 e. The minimum absolute atomic E-state index is 0.0871. The van der Waals surface area contributed by atoms with Crippen molar-refractivity contribution >= 4 is 33.4 Å². The van der Waals surface area contributed by atoms with Crippen LogP contribution < -0.4 is 14.2 Å². The van der Waals surface area contributed by atoms with E-state index in [1.54, 1.807) is 18.9 Å². The molecule has 2 aliphatic rings. The Morgan fingerprint density at radius 2 is 1.91 bits per heavy atom. The lowest BCUT2D eigenvalue weighted by atomic mass is 9.96. The van der Waals surface area contributed by atoms with Crippen LogP contribution in [0.25, 0.3) is 0 Å². The molecule has 2 unspecified atom stereocenters. The van der Waals surface area contributed by atoms with E-state index in [1.165, 1.54) is 4.90 Å². The van der Waals surface area contributed by atoms with Gasteiger partial charge in [0.2, 0.25) is 6.23 Å². The largest absolute Gasteiger partial charge is 0.493 e. The van der Waals surface area contributed by atoms with E-state index in [4.69, 9.17) is 19.3 Å². The van der Waals surface area contributed by atoms with Gasteiger partial charge in [-0.3, -0.25) is 0 Å². The number of methoxy groups -OCH3 is 1. The first-order valence-corrected chi connectivity index (χ1v) is 12.9. The zero-order valence-corrected chi connectivity index (χ0v) is 21.2. The number of ether oxygens (including phenoxy) is 3. The summed E-state index contributed by atoms with van der Waals surface area (Å²) in [6.07, 6.45) is 2.54. The summed E-state index contributed by atoms with van der Waals surface area (Å²) in [4.78, 5) is 1.24. The second-order valence-corrected chi connectivity index (χ2v) is 9.67. The summed E-state index contributed by atoms with van der Waals surface area (Å²) in [6.45, 7) is 2.52. The van der Waals surface area contributed by atoms with Crippen LogP contribution in [0.3, 0.4) is 0 Å². The summed E-state index contributed by atoms with van der Waals surface area (Å²) in [5.74, 6) is 2.29. The van der Waals surface area contributed by atoms with Crippen LogP contribution in [-0.2, 0) is 0 Å². The fraction of sp³-hybridized carbons (Fsp3) is 0.269. The fourth-order valence-electron chi connectivity index (χ4n) is 4.35. The van der Waals surface area contributed by atoms with Gasteiger partial charge in [0.1, 0.15) is 5.75 Å². The van der Waals surface area contributed by atoms with Gasteiger partial charge < -0.3 is 14.2 Å². The number of halogens is 1. The first-order valence-electron chi connectivity index (χ1n) is 10.9. The Bertz CT molecular complexity index is 1200. The van der Waals surface area contributed by atoms with Crippen LogP contribution in [0.5, 0.6) is 17.2 Å². The predicted molar refractivity (Wildman–Crippen MR) is 136 cm³/mol. The van der Waals surface area contributed by atoms with Crippen LogP contribution in [0.2, 0.25) is 0 Å². The smallest absolute Gasteiger partial charge is 0.214 e. The van der Waals surface area contributed by atoms with Crippen molar-refractivity contribution in [1.29, 1.82) is 0 Å². The van der Waals surface area contributed by atoms with Gasteiger partial charge in [0, 0.05) is 26.9 Å². The molecule has 0 saturated carbocycles. The molecule has 170 valence electrons. The van der Waals surface area contributed by atoms with Gasteiger partial charge in [-0.05, 0) is 67.3 Å². The molecule has 33 heavy (non-hydrogen) atoms. The third-order valence-electron chi connectivity index (χ3n) is 5.95. The molecule has 0 aliphatic carbocycles. The third kappa shape index (κ3) is 4.20. The van der Waals surface area contributed by atoms with E-state index in [0.29, 0.717) is 18.1 Å². The van der Waals surface area contributed by atoms with Crippen molar-refractivity contribution in [2.75, 3.05) is 20.0 Å². The van der Waals surface area contributed by atoms with E-state index in [9.17, 15) is 0 Å². The predicted octanol–water partition coefficient (Wildman–Crippen LogP) is 6.82. The molecular formula is C26H25BrN2O3S. The average molecular weight is 525 g/mol. The Balaban J connectivity index is 1.57. The zero-order valence-electron chi connectivity index (χ0n) is 18.7. The summed E-state index contributed by atoms with van der Waals surface area (Å²) in [5, 5.41) is 7.16. The molecule has 2 heterocycles. The molecule has 2 atom stereocenters. The van der Waals surface area contributed by atoms with E-state index >= 15 is 0 Å². The monoisotopic (exact) mass is 524 g/mol. The van der Waals surface area contributed by atoms with Gasteiger partial charge in [-0.1, -0.05) is 28.1 Å². The van der Waals surface area contributed by atoms with E-state index < -0.39 is 0 Å². The summed E-state index contributed by atoms with van der Waals surface area (Å²) in [6, 6.07) is 20.8. The second-order valence-electron chi connectivity index (χ2n) is 7.87. The van der Waals surface area contributed by atoms with E-state index in [0.717, 1.165) is 39.0 Å². The second kappa shape index (κ2) is 9.31. The van der Waals surface area contributed by atoms with Gasteiger partial charge in [0.25, 0.3) is 0 Å². The van der Waals surface area contributed by atoms with Crippen LogP contribution in [0.15, 0.2) is 75.1 Å². The van der Waals surface area contributed by atoms with Crippen molar-refractivity contribution in [2.45, 2.75) is 30.5 Å². The van der Waals surface area contributed by atoms with Crippen molar-refractivity contribution in [2.24, 2.45) is 5.10 Å². The number of nitrogens with zero attached hydrogens (tertiary/aromatic N) is 2. The van der Waals surface area contributed by atoms with E-state index in [-0.39, 0.29) is 12.3 Å². The van der Waals surface area contributed by atoms with Crippen molar-refractivity contribution in [1.82, 2.24) is 5.01 Å². The number of hydrogen-bond acceptors (Lipinski definition) is 6. The third-order valence-corrected chi connectivity index (χ3v) is 7.18. The molecule has 0 N–H and O–H groups in total. The van der Waals surface area contributed by atoms with Crippen molar-refractivity contribution < 1.29 is 14.2 Å². The van der Waals surface area contributed by atoms with Gasteiger partial charge in [0.15, 0.2) is 11.5 Å². The standard InChI is InChI=1S/C26H25BrN2O3S/c1-4-31-25-13-17(7-11-24(25)30-2)26-29-22(20-14-18(27)8-12-23(20)32-26)15-21(28-29)16-5-9-19(33-3)10-6-16/h5-14,22,26H,4,15H2,1-3H3. The molecule has 5 nitrogen and oxygen atoms in total. The molecule has 2 aliphatic heterocycles. The SMILES string of the molecule is CCOc1cc(C2Oc3ccc(Br)cc3C3CC(c4ccc(SC)cc4)=NN32)ccc1OC. The van der Waals surface area contributed by atoms with Crippen molar-refractivity contribution in [3.05, 3.63) is 81.8 Å². The summed E-state index contributed by atoms with van der Waals surface area (Å²) < 4.78 is 18.8. The number of hydrogen-bond donors (Lipinski definition) is 0. The van der Waals surface area contributed by atoms with Gasteiger partial charge in [-0.15, -0.1) is 11.8 Å². The summed E-state index contributed by atoms with van der Waals surface area (Å²) in [7, 11) is 1.65. The highest BCUT2D eigenvalue weighted by atomic mass is 79.9. The van der Waals surface area contributed by atoms with Crippen LogP contribution in [-0.4, -0.2) is 30.7 Å². The van der Waals surface area contributed by atoms with Crippen LogP contribution in [0.1, 0.15) is 42.3 Å². The Kier molecular flexibility index (Phi) is 6.25. The number of thioether (sulfide) groups is 1. The lowest BCUT2D eigenvalue weighted by Gasteiger charge is -2.38. The zero-order chi connectivity index (χ0) is 22.9. The van der Waals surface area contributed by atoms with Crippen LogP contribution in [0, 0.1) is 0 Å². The maximum atomic E-state index is 6.51. The Hall–Kier alpha value is -2.64. The molecule has 0 radical (unpaired) electrons. The Morgan fingerprint density at radius 3 is 2.64 bits per heavy atom. The van der Waals surface area contributed by atoms with Crippen LogP contribution >= 0.6 is 27.7 Å². The van der Waals surface area contributed by atoms with Gasteiger partial charge in [0.05, 0.1) is 25.5 Å². The molecule has 7 heteroatoms. The normalized spacial score (nSPS) is 18.8. The maximum absolute atomic E-state index is 6.51. The highest BCUT2D eigenvalue weighted by Crippen LogP contribution is 2.49. The molecule has 5 rings (SSSR count). The lowest BCUT2D eigenvalue weighted by Crippen LogP contribution is -2.33. The Labute approximate surface area is 206 Å². The number of hydrazone groups is 1. The molecule has 0 aromatic heterocycles. The molecule has 0 fully saturated rings. The minimum atomic E-state index is -0.364. The molecule has 0 bridgehead atoms. The number of rotatable bonds is 6. The van der Waals surface area contributed by atoms with Gasteiger partial charge in [-0.25, -0.2) is 5.01 Å². The van der Waals surface area contributed by atoms with E-state index in [2.05, 4.69) is 57.5 Å². The van der Waals surface area contributed by atoms with Gasteiger partial charge >= 0.3 is 0 Å². The highest BCUT2D eigenvalue weighted by Gasteiger charge is 2.41. The summed E-state index contributed by atoms with van der Waals surface area (Å²) in [5.41, 5.74) is 4.31. The molecule has 3 aromatic carbocycles. The highest BCUT2D eigenvalue weighted by molar-refractivity contribution is 9.10. The topological polar surface area (TPSA) is 43.3 Å². The number of fused-ring (bicyclic) bond motifs is 3. The number of benzene rings is 3. The van der Waals surface area contributed by atoms with Crippen molar-refractivity contribution in [3.8, 4) is 17.2 Å². The first kappa shape index (κ1) is 22.2. The maximum Gasteiger partial charge on any atom is 0.214 e. The molecule has 0 saturated heterocycles. The molecule has 0 spiro atoms. The lowest BCUT2D eigenvalue weighted by molar-refractivity contribution is -0.0192. The fourth-order valence-corrected chi connectivity index (χ4v) is 5.14. The summed E-state index contributed by atoms with van der Waals surface area (Å²) >= 11 is 5.36. The molecular weight excluding hydrogens is 500 g/mol. The molecule has 3 aromatic rings. The quantitative estimate of drug-likeness (QED) is 0.331. The van der Waals surface area contributed by atoms with Crippen molar-refractivity contribution in [3.63, 3.8) is 0 Å². The average Bonchev–Trinajstić information content (AvgIpc) is 3.30. The van der Waals surface area contributed by atoms with Gasteiger partial charge in [-0.2, -0.15) is 5.10 Å². The molecule has 0 amide bonds. The van der Waals surface area contributed by atoms with E-state index in [1.807, 2.05) is 37.3 Å². The Morgan fingerprint density at radius 1 is 1.09 bits per heavy atom. The van der Waals surface area contributed by atoms with Crippen LogP contribution in [0.4, 0.5) is 0 Å².